The molecule has 2 fully saturated rings. The molecular weight excluding hydrogens is 558 g/mol. The molecule has 2 aromatic heterocycles. The number of aromatic nitrogens is 1. The highest BCUT2D eigenvalue weighted by Crippen LogP contribution is 2.44. The zero-order chi connectivity index (χ0) is 28.7. The quantitative estimate of drug-likeness (QED) is 0.140. The van der Waals surface area contributed by atoms with Crippen molar-refractivity contribution in [2.45, 2.75) is 32.4 Å². The molecular formula is C31H30ClN5O3S. The number of pyridine rings is 1. The van der Waals surface area contributed by atoms with Gasteiger partial charge in [-0.25, -0.2) is 0 Å². The molecule has 0 radical (unpaired) electrons. The summed E-state index contributed by atoms with van der Waals surface area (Å²) in [7, 11) is 0. The molecule has 8 nitrogen and oxygen atoms in total. The summed E-state index contributed by atoms with van der Waals surface area (Å²) in [5.41, 5.74) is 3.48. The van der Waals surface area contributed by atoms with E-state index in [9.17, 15) is 10.1 Å². The van der Waals surface area contributed by atoms with Crippen molar-refractivity contribution in [2.24, 2.45) is 11.8 Å². The number of anilines is 2. The van der Waals surface area contributed by atoms with E-state index in [-0.39, 0.29) is 17.8 Å². The molecule has 10 heteroatoms. The fraction of sp³-hybridized carbons (Fsp3) is 0.290. The van der Waals surface area contributed by atoms with Gasteiger partial charge in [0.15, 0.2) is 5.11 Å². The third kappa shape index (κ3) is 5.39. The number of halogens is 1. The maximum atomic E-state index is 11.1. The monoisotopic (exact) mass is 587 g/mol. The molecule has 41 heavy (non-hydrogen) atoms. The Labute approximate surface area is 249 Å². The van der Waals surface area contributed by atoms with Crippen molar-refractivity contribution in [2.75, 3.05) is 22.9 Å². The van der Waals surface area contributed by atoms with Crippen LogP contribution < -0.4 is 15.1 Å². The lowest BCUT2D eigenvalue weighted by molar-refractivity contribution is -0.384. The van der Waals surface area contributed by atoms with Crippen molar-refractivity contribution < 1.29 is 9.34 Å². The molecule has 2 aliphatic heterocycles. The molecule has 4 heterocycles. The first-order chi connectivity index (χ1) is 19.8. The van der Waals surface area contributed by atoms with E-state index in [4.69, 9.17) is 28.2 Å². The number of nitrogens with zero attached hydrogens (tertiary/aromatic N) is 4. The minimum Gasteiger partial charge on any atom is -0.459 e. The van der Waals surface area contributed by atoms with Gasteiger partial charge in [0.25, 0.3) is 5.69 Å². The Morgan fingerprint density at radius 1 is 1.05 bits per heavy atom. The number of rotatable bonds is 6. The van der Waals surface area contributed by atoms with Crippen LogP contribution in [0.2, 0.25) is 5.02 Å². The summed E-state index contributed by atoms with van der Waals surface area (Å²) < 4.78 is 6.40. The van der Waals surface area contributed by atoms with Gasteiger partial charge < -0.3 is 19.5 Å². The van der Waals surface area contributed by atoms with Gasteiger partial charge in [0.1, 0.15) is 17.6 Å². The number of thiocarbonyl (C=S) groups is 1. The van der Waals surface area contributed by atoms with Crippen molar-refractivity contribution in [3.05, 3.63) is 106 Å². The SMILES string of the molecule is C[C@@H]1C[C@H](C)CN(c2ccc(N3C(=S)N[C@@H](c4ccccn4)[C@H]3c3ccc(-c4ccc([N+](=O)[O-])cc4)o3)cc2Cl)C1. The van der Waals surface area contributed by atoms with E-state index in [0.717, 1.165) is 35.7 Å². The lowest BCUT2D eigenvalue weighted by Gasteiger charge is -2.37. The highest BCUT2D eigenvalue weighted by Gasteiger charge is 2.43. The number of hydrogen-bond acceptors (Lipinski definition) is 6. The van der Waals surface area contributed by atoms with Crippen molar-refractivity contribution in [1.82, 2.24) is 10.3 Å². The molecule has 0 bridgehead atoms. The summed E-state index contributed by atoms with van der Waals surface area (Å²) in [6, 6.07) is 21.4. The average Bonchev–Trinajstić information content (AvgIpc) is 3.57. The van der Waals surface area contributed by atoms with Crippen LogP contribution in [0.3, 0.4) is 0 Å². The van der Waals surface area contributed by atoms with Crippen molar-refractivity contribution in [3.8, 4) is 11.3 Å². The molecule has 2 aromatic carbocycles. The first-order valence-corrected chi connectivity index (χ1v) is 14.5. The van der Waals surface area contributed by atoms with E-state index >= 15 is 0 Å². The van der Waals surface area contributed by atoms with Crippen molar-refractivity contribution >= 4 is 46.0 Å². The highest BCUT2D eigenvalue weighted by molar-refractivity contribution is 7.80. The lowest BCUT2D eigenvalue weighted by atomic mass is 9.91. The summed E-state index contributed by atoms with van der Waals surface area (Å²) in [5.74, 6) is 2.50. The smallest absolute Gasteiger partial charge is 0.269 e. The van der Waals surface area contributed by atoms with Crippen LogP contribution in [-0.2, 0) is 0 Å². The predicted octanol–water partition coefficient (Wildman–Crippen LogP) is 7.56. The van der Waals surface area contributed by atoms with Gasteiger partial charge >= 0.3 is 0 Å². The van der Waals surface area contributed by atoms with Crippen LogP contribution in [0.5, 0.6) is 0 Å². The standard InChI is InChI=1S/C31H30ClN5O3S/c1-19-15-20(2)18-35(17-19)26-11-10-23(16-24(26)32)36-30(29(34-31(36)41)25-5-3-4-14-33-25)28-13-12-27(40-28)21-6-8-22(9-7-21)37(38)39/h3-14,16,19-20,29-30H,15,17-18H2,1-2H3,(H,34,41)/t19-,20+,29-,30+/m0/s1. The van der Waals surface area contributed by atoms with Crippen LogP contribution in [0.15, 0.2) is 83.4 Å². The van der Waals surface area contributed by atoms with Crippen LogP contribution in [0.4, 0.5) is 17.1 Å². The fourth-order valence-electron chi connectivity index (χ4n) is 6.10. The van der Waals surface area contributed by atoms with Gasteiger partial charge in [-0.3, -0.25) is 15.1 Å². The summed E-state index contributed by atoms with van der Waals surface area (Å²) >= 11 is 12.8. The molecule has 0 unspecified atom stereocenters. The summed E-state index contributed by atoms with van der Waals surface area (Å²) in [6.45, 7) is 6.54. The normalized spacial score (nSPS) is 22.6. The molecule has 4 atom stereocenters. The average molecular weight is 588 g/mol. The van der Waals surface area contributed by atoms with E-state index in [2.05, 4.69) is 41.2 Å². The number of piperidine rings is 1. The third-order valence-electron chi connectivity index (χ3n) is 7.80. The van der Waals surface area contributed by atoms with Crippen LogP contribution >= 0.6 is 23.8 Å². The van der Waals surface area contributed by atoms with Crippen LogP contribution in [0.1, 0.15) is 43.8 Å². The van der Waals surface area contributed by atoms with Crippen LogP contribution in [0, 0.1) is 22.0 Å². The highest BCUT2D eigenvalue weighted by atomic mass is 35.5. The van der Waals surface area contributed by atoms with Crippen molar-refractivity contribution in [3.63, 3.8) is 0 Å². The molecule has 2 saturated heterocycles. The third-order valence-corrected chi connectivity index (χ3v) is 8.42. The molecule has 4 aromatic rings. The Kier molecular flexibility index (Phi) is 7.40. The second-order valence-electron chi connectivity index (χ2n) is 11.0. The summed E-state index contributed by atoms with van der Waals surface area (Å²) in [4.78, 5) is 19.7. The lowest BCUT2D eigenvalue weighted by Crippen LogP contribution is -2.38. The van der Waals surface area contributed by atoms with Crippen molar-refractivity contribution in [1.29, 1.82) is 0 Å². The van der Waals surface area contributed by atoms with Crippen LogP contribution in [0.25, 0.3) is 11.3 Å². The maximum Gasteiger partial charge on any atom is 0.269 e. The first-order valence-electron chi connectivity index (χ1n) is 13.7. The molecule has 6 rings (SSSR count). The van der Waals surface area contributed by atoms with Crippen LogP contribution in [-0.4, -0.2) is 28.1 Å². The zero-order valence-electron chi connectivity index (χ0n) is 22.7. The van der Waals surface area contributed by atoms with Gasteiger partial charge in [0.2, 0.25) is 0 Å². The molecule has 210 valence electrons. The Bertz CT molecular complexity index is 1570. The number of furan rings is 1. The molecule has 1 N–H and O–H groups in total. The Balaban J connectivity index is 1.37. The molecule has 0 saturated carbocycles. The van der Waals surface area contributed by atoms with Gasteiger partial charge in [-0.15, -0.1) is 0 Å². The van der Waals surface area contributed by atoms with E-state index in [1.165, 1.54) is 18.6 Å². The molecule has 2 aliphatic rings. The Morgan fingerprint density at radius 3 is 2.46 bits per heavy atom. The van der Waals surface area contributed by atoms with Gasteiger partial charge in [-0.2, -0.15) is 0 Å². The van der Waals surface area contributed by atoms with E-state index < -0.39 is 4.92 Å². The minimum absolute atomic E-state index is 0.0288. The summed E-state index contributed by atoms with van der Waals surface area (Å²) in [5, 5.41) is 15.8. The van der Waals surface area contributed by atoms with E-state index in [0.29, 0.717) is 33.5 Å². The zero-order valence-corrected chi connectivity index (χ0v) is 24.3. The van der Waals surface area contributed by atoms with E-state index in [1.54, 1.807) is 18.3 Å². The molecule has 0 aliphatic carbocycles. The molecule has 0 spiro atoms. The number of nitro groups is 1. The van der Waals surface area contributed by atoms with Gasteiger partial charge in [-0.1, -0.05) is 31.5 Å². The second kappa shape index (κ2) is 11.1. The number of nitrogens with one attached hydrogen (secondary N) is 1. The number of non-ortho nitro benzene ring substituents is 1. The summed E-state index contributed by atoms with van der Waals surface area (Å²) in [6.07, 6.45) is 2.98. The van der Waals surface area contributed by atoms with Gasteiger partial charge in [0.05, 0.1) is 27.4 Å². The Morgan fingerprint density at radius 2 is 1.80 bits per heavy atom. The fourth-order valence-corrected chi connectivity index (χ4v) is 6.74. The minimum atomic E-state index is -0.416. The number of nitro benzene ring substituents is 1. The van der Waals surface area contributed by atoms with E-state index in [1.807, 2.05) is 41.3 Å². The second-order valence-corrected chi connectivity index (χ2v) is 11.8. The predicted molar refractivity (Wildman–Crippen MR) is 165 cm³/mol. The maximum absolute atomic E-state index is 11.1. The first kappa shape index (κ1) is 27.2. The number of hydrogen-bond donors (Lipinski definition) is 1. The number of benzene rings is 2. The molecule has 0 amide bonds. The largest absolute Gasteiger partial charge is 0.459 e. The topological polar surface area (TPSA) is 87.7 Å². The Hall–Kier alpha value is -3.95. The van der Waals surface area contributed by atoms with Gasteiger partial charge in [0, 0.05) is 42.7 Å². The van der Waals surface area contributed by atoms with Gasteiger partial charge in [-0.05, 0) is 85.1 Å².